The van der Waals surface area contributed by atoms with E-state index in [0.29, 0.717) is 6.54 Å². The highest BCUT2D eigenvalue weighted by atomic mass is 35.5. The van der Waals surface area contributed by atoms with E-state index >= 15 is 0 Å². The molecule has 1 aromatic carbocycles. The number of furan rings is 1. The van der Waals surface area contributed by atoms with Crippen LogP contribution in [0.15, 0.2) is 51.3 Å². The van der Waals surface area contributed by atoms with Gasteiger partial charge in [-0.05, 0) is 43.5 Å². The van der Waals surface area contributed by atoms with Gasteiger partial charge in [-0.1, -0.05) is 51.4 Å². The van der Waals surface area contributed by atoms with Crippen LogP contribution in [0.1, 0.15) is 23.5 Å². The van der Waals surface area contributed by atoms with Crippen molar-refractivity contribution in [3.63, 3.8) is 0 Å². The van der Waals surface area contributed by atoms with Gasteiger partial charge < -0.3 is 9.52 Å². The first-order chi connectivity index (χ1) is 12.9. The third kappa shape index (κ3) is 5.57. The maximum absolute atomic E-state index is 11.3. The van der Waals surface area contributed by atoms with Crippen molar-refractivity contribution < 1.29 is 14.3 Å². The Labute approximate surface area is 172 Å². The monoisotopic (exact) mass is 423 g/mol. The minimum atomic E-state index is -0.893. The molecule has 3 rings (SSSR count). The number of rotatable bonds is 6. The average molecular weight is 424 g/mol. The summed E-state index contributed by atoms with van der Waals surface area (Å²) in [5, 5.41) is 10.2. The van der Waals surface area contributed by atoms with Gasteiger partial charge in [-0.3, -0.25) is 4.90 Å². The predicted octanol–water partition coefficient (Wildman–Crippen LogP) is 5.58. The number of nitrogens with zero attached hydrogens (tertiary/aromatic N) is 1. The van der Waals surface area contributed by atoms with Crippen LogP contribution in [-0.2, 0) is 11.3 Å². The summed E-state index contributed by atoms with van der Waals surface area (Å²) in [4.78, 5) is 14.7. The highest BCUT2D eigenvalue weighted by Crippen LogP contribution is 2.42. The number of carbonyl (C=O) groups is 1. The zero-order chi connectivity index (χ0) is 19.4. The zero-order valence-electron chi connectivity index (χ0n) is 15.3. The summed E-state index contributed by atoms with van der Waals surface area (Å²) in [7, 11) is 3.37. The largest absolute Gasteiger partial charge is 0.478 e. The first-order valence-electron chi connectivity index (χ1n) is 8.72. The van der Waals surface area contributed by atoms with Gasteiger partial charge in [-0.25, -0.2) is 4.79 Å². The van der Waals surface area contributed by atoms with Crippen molar-refractivity contribution in [2.24, 2.45) is 0 Å². The highest BCUT2D eigenvalue weighted by Gasteiger charge is 2.26. The van der Waals surface area contributed by atoms with Crippen molar-refractivity contribution in [2.75, 3.05) is 13.1 Å². The first kappa shape index (κ1) is 20.4. The number of aryl methyl sites for hydroxylation is 2. The van der Waals surface area contributed by atoms with Crippen LogP contribution in [-0.4, -0.2) is 34.3 Å². The van der Waals surface area contributed by atoms with Crippen molar-refractivity contribution in [2.45, 2.75) is 37.0 Å². The molecule has 2 aromatic rings. The number of hydrogen-bond acceptors (Lipinski definition) is 5. The number of halogens is 1. The van der Waals surface area contributed by atoms with Crippen LogP contribution >= 0.6 is 33.2 Å². The lowest BCUT2D eigenvalue weighted by Gasteiger charge is -2.33. The second-order valence-corrected chi connectivity index (χ2v) is 9.45. The summed E-state index contributed by atoms with van der Waals surface area (Å²) in [6.07, 6.45) is 2.27. The van der Waals surface area contributed by atoms with E-state index in [1.807, 2.05) is 44.2 Å². The van der Waals surface area contributed by atoms with E-state index in [0.717, 1.165) is 52.1 Å². The molecule has 1 N–H and O–H groups in total. The molecule has 144 valence electrons. The first-order valence-corrected chi connectivity index (χ1v) is 11.3. The summed E-state index contributed by atoms with van der Waals surface area (Å²) in [5.41, 5.74) is 2.01. The molecule has 1 fully saturated rings. The molecule has 1 aliphatic rings. The number of benzene rings is 1. The Bertz CT molecular complexity index is 850. The van der Waals surface area contributed by atoms with E-state index < -0.39 is 5.97 Å². The zero-order valence-corrected chi connectivity index (χ0v) is 17.7. The number of hydrogen-bond donors (Lipinski definition) is 1. The smallest absolute Gasteiger partial charge is 0.328 e. The molecule has 1 saturated heterocycles. The minimum Gasteiger partial charge on any atom is -0.478 e. The molecule has 7 heteroatoms. The fourth-order valence-corrected chi connectivity index (χ4v) is 6.21. The van der Waals surface area contributed by atoms with Gasteiger partial charge in [0.25, 0.3) is 0 Å². The molecule has 0 radical (unpaired) electrons. The van der Waals surface area contributed by atoms with E-state index in [1.54, 1.807) is 21.6 Å². The molecule has 1 atom stereocenters. The topological polar surface area (TPSA) is 53.7 Å². The molecule has 0 bridgehead atoms. The second kappa shape index (κ2) is 9.24. The van der Waals surface area contributed by atoms with Crippen LogP contribution in [0.5, 0.6) is 0 Å². The van der Waals surface area contributed by atoms with Crippen LogP contribution in [0.4, 0.5) is 0 Å². The fourth-order valence-electron chi connectivity index (χ4n) is 3.13. The lowest BCUT2D eigenvalue weighted by Crippen LogP contribution is -2.36. The van der Waals surface area contributed by atoms with Gasteiger partial charge in [0.2, 0.25) is 0 Å². The predicted molar refractivity (Wildman–Crippen MR) is 112 cm³/mol. The molecule has 1 aromatic heterocycles. The van der Waals surface area contributed by atoms with Gasteiger partial charge in [0.1, 0.15) is 11.5 Å². The van der Waals surface area contributed by atoms with Crippen molar-refractivity contribution in [1.82, 2.24) is 4.90 Å². The van der Waals surface area contributed by atoms with Crippen molar-refractivity contribution in [3.05, 3.63) is 64.1 Å². The number of likely N-dealkylation sites (tertiary alicyclic amines) is 1. The van der Waals surface area contributed by atoms with Gasteiger partial charge >= 0.3 is 5.97 Å². The molecule has 1 unspecified atom stereocenters. The Kier molecular flexibility index (Phi) is 6.98. The van der Waals surface area contributed by atoms with Gasteiger partial charge in [0, 0.05) is 36.0 Å². The maximum atomic E-state index is 11.3. The van der Waals surface area contributed by atoms with Crippen molar-refractivity contribution >= 4 is 39.2 Å². The van der Waals surface area contributed by atoms with E-state index in [2.05, 4.69) is 4.90 Å². The van der Waals surface area contributed by atoms with E-state index in [4.69, 9.17) is 16.0 Å². The Balaban J connectivity index is 1.67. The average Bonchev–Trinajstić information content (AvgIpc) is 2.93. The molecule has 1 aliphatic heterocycles. The van der Waals surface area contributed by atoms with Crippen molar-refractivity contribution in [1.29, 1.82) is 0 Å². The molecule has 2 heterocycles. The number of aliphatic carboxylic acids is 1. The highest BCUT2D eigenvalue weighted by molar-refractivity contribution is 8.77. The molecule has 0 amide bonds. The Morgan fingerprint density at radius 3 is 2.85 bits per heavy atom. The molecule has 27 heavy (non-hydrogen) atoms. The van der Waals surface area contributed by atoms with Crippen LogP contribution in [0.2, 0.25) is 5.02 Å². The van der Waals surface area contributed by atoms with Gasteiger partial charge in [0.05, 0.1) is 4.90 Å². The summed E-state index contributed by atoms with van der Waals surface area (Å²) >= 11 is 6.28. The minimum absolute atomic E-state index is 0.170. The maximum Gasteiger partial charge on any atom is 0.328 e. The van der Waals surface area contributed by atoms with Gasteiger partial charge in [-0.15, -0.1) is 0 Å². The summed E-state index contributed by atoms with van der Waals surface area (Å²) in [6, 6.07) is 9.83. The molecule has 0 spiro atoms. The van der Waals surface area contributed by atoms with Crippen molar-refractivity contribution in [3.8, 4) is 0 Å². The Hall–Kier alpha value is -1.34. The summed E-state index contributed by atoms with van der Waals surface area (Å²) in [6.45, 7) is 6.16. The second-order valence-electron chi connectivity index (χ2n) is 6.59. The number of carboxylic acids is 1. The third-order valence-electron chi connectivity index (χ3n) is 4.44. The van der Waals surface area contributed by atoms with Crippen LogP contribution in [0.3, 0.4) is 0 Å². The Morgan fingerprint density at radius 1 is 1.41 bits per heavy atom. The standard InChI is InChI=1S/C20H22ClNO3S2/c1-13-9-19(14(2)25-13)27-26-18-7-8-22(12-16(18)10-20(23)24)11-15-5-3-4-6-17(15)21/h3-6,9-10,18H,7-8,11-12H2,1-2H3,(H,23,24). The summed E-state index contributed by atoms with van der Waals surface area (Å²) < 4.78 is 5.58. The lowest BCUT2D eigenvalue weighted by atomic mass is 10.0. The van der Waals surface area contributed by atoms with Gasteiger partial charge in [0.15, 0.2) is 0 Å². The number of piperidine rings is 1. The SMILES string of the molecule is Cc1cc(SSC2CCN(Cc3ccccc3Cl)CC2=CC(=O)O)c(C)o1. The van der Waals surface area contributed by atoms with E-state index in [-0.39, 0.29) is 5.25 Å². The van der Waals surface area contributed by atoms with Crippen LogP contribution < -0.4 is 0 Å². The molecule has 0 saturated carbocycles. The van der Waals surface area contributed by atoms with E-state index in [9.17, 15) is 9.90 Å². The van der Waals surface area contributed by atoms with E-state index in [1.165, 1.54) is 6.08 Å². The molecule has 0 aliphatic carbocycles. The molecular weight excluding hydrogens is 402 g/mol. The van der Waals surface area contributed by atoms with Crippen LogP contribution in [0.25, 0.3) is 0 Å². The third-order valence-corrected chi connectivity index (χ3v) is 7.78. The number of carboxylic acid groups (broad SMARTS) is 1. The van der Waals surface area contributed by atoms with Crippen LogP contribution in [0, 0.1) is 13.8 Å². The summed E-state index contributed by atoms with van der Waals surface area (Å²) in [5.74, 6) is 0.909. The Morgan fingerprint density at radius 2 is 2.19 bits per heavy atom. The van der Waals surface area contributed by atoms with Gasteiger partial charge in [-0.2, -0.15) is 0 Å². The molecular formula is C20H22ClNO3S2. The fraction of sp³-hybridized carbons (Fsp3) is 0.350. The normalized spacial score (nSPS) is 19.5. The quantitative estimate of drug-likeness (QED) is 0.483. The molecule has 4 nitrogen and oxygen atoms in total. The lowest BCUT2D eigenvalue weighted by molar-refractivity contribution is -0.131.